The number of hydrogen-bond acceptors (Lipinski definition) is 4. The van der Waals surface area contributed by atoms with E-state index >= 15 is 0 Å². The summed E-state index contributed by atoms with van der Waals surface area (Å²) in [4.78, 5) is 25.6. The lowest BCUT2D eigenvalue weighted by Gasteiger charge is -2.08. The number of oxazole rings is 1. The quantitative estimate of drug-likeness (QED) is 0.692. The van der Waals surface area contributed by atoms with Crippen LogP contribution in [0.3, 0.4) is 0 Å². The largest absolute Gasteiger partial charge is 0.497 e. The third-order valence-electron chi connectivity index (χ3n) is 3.01. The summed E-state index contributed by atoms with van der Waals surface area (Å²) in [6.07, 6.45) is 0. The van der Waals surface area contributed by atoms with Gasteiger partial charge in [-0.05, 0) is 24.3 Å². The van der Waals surface area contributed by atoms with Gasteiger partial charge in [-0.3, -0.25) is 4.98 Å². The maximum atomic E-state index is 12.0. The zero-order chi connectivity index (χ0) is 15.5. The molecule has 7 nitrogen and oxygen atoms in total. The van der Waals surface area contributed by atoms with E-state index in [0.29, 0.717) is 28.2 Å². The van der Waals surface area contributed by atoms with Crippen LogP contribution in [-0.4, -0.2) is 18.1 Å². The molecular weight excluding hydrogens is 286 g/mol. The van der Waals surface area contributed by atoms with E-state index in [4.69, 9.17) is 9.15 Å². The Morgan fingerprint density at radius 2 is 1.91 bits per heavy atom. The first-order valence-electron chi connectivity index (χ1n) is 6.49. The van der Waals surface area contributed by atoms with E-state index in [0.717, 1.165) is 0 Å². The summed E-state index contributed by atoms with van der Waals surface area (Å²) < 4.78 is 10.0. The first-order valence-corrected chi connectivity index (χ1v) is 6.49. The number of hydrogen-bond donors (Lipinski definition) is 3. The Bertz CT molecular complexity index is 882. The van der Waals surface area contributed by atoms with Crippen molar-refractivity contribution in [1.29, 1.82) is 0 Å². The van der Waals surface area contributed by atoms with Gasteiger partial charge in [0.1, 0.15) is 5.75 Å². The van der Waals surface area contributed by atoms with E-state index in [-0.39, 0.29) is 0 Å². The molecular formula is C15H13N3O4. The number of ether oxygens (including phenoxy) is 1. The van der Waals surface area contributed by atoms with E-state index in [2.05, 4.69) is 15.6 Å². The third kappa shape index (κ3) is 2.93. The highest BCUT2D eigenvalue weighted by atomic mass is 16.5. The number of benzene rings is 2. The minimum Gasteiger partial charge on any atom is -0.497 e. The van der Waals surface area contributed by atoms with Crippen molar-refractivity contribution in [3.63, 3.8) is 0 Å². The third-order valence-corrected chi connectivity index (χ3v) is 3.01. The molecule has 0 spiro atoms. The van der Waals surface area contributed by atoms with E-state index in [1.165, 1.54) is 0 Å². The molecule has 0 fully saturated rings. The molecule has 3 aromatic rings. The normalized spacial score (nSPS) is 10.4. The zero-order valence-corrected chi connectivity index (χ0v) is 11.7. The fourth-order valence-corrected chi connectivity index (χ4v) is 2.02. The first-order chi connectivity index (χ1) is 10.6. The van der Waals surface area contributed by atoms with Crippen molar-refractivity contribution in [2.75, 3.05) is 17.7 Å². The lowest BCUT2D eigenvalue weighted by molar-refractivity contribution is 0.262. The van der Waals surface area contributed by atoms with Crippen molar-refractivity contribution < 1.29 is 13.9 Å². The van der Waals surface area contributed by atoms with Gasteiger partial charge in [-0.15, -0.1) is 0 Å². The van der Waals surface area contributed by atoms with Gasteiger partial charge in [0.2, 0.25) is 0 Å². The predicted octanol–water partition coefficient (Wildman–Crippen LogP) is 2.77. The summed E-state index contributed by atoms with van der Waals surface area (Å²) in [6, 6.07) is 11.5. The summed E-state index contributed by atoms with van der Waals surface area (Å²) >= 11 is 0. The minimum atomic E-state index is -0.534. The van der Waals surface area contributed by atoms with Gasteiger partial charge < -0.3 is 19.8 Å². The van der Waals surface area contributed by atoms with Crippen molar-refractivity contribution in [1.82, 2.24) is 4.98 Å². The van der Waals surface area contributed by atoms with Crippen molar-refractivity contribution >= 4 is 28.5 Å². The number of carbonyl (C=O) groups excluding carboxylic acids is 1. The Labute approximate surface area is 124 Å². The molecule has 1 heterocycles. The highest BCUT2D eigenvalue weighted by Crippen LogP contribution is 2.18. The van der Waals surface area contributed by atoms with Crippen molar-refractivity contribution in [3.8, 4) is 5.75 Å². The smallest absolute Gasteiger partial charge is 0.417 e. The molecule has 112 valence electrons. The number of nitrogens with one attached hydrogen (secondary N) is 3. The van der Waals surface area contributed by atoms with E-state index in [1.807, 2.05) is 0 Å². The number of aromatic amines is 1. The molecule has 3 rings (SSSR count). The molecule has 0 unspecified atom stereocenters. The number of fused-ring (bicyclic) bond motifs is 1. The molecule has 0 bridgehead atoms. The lowest BCUT2D eigenvalue weighted by Crippen LogP contribution is -2.19. The standard InChI is InChI=1S/C15H13N3O4/c1-21-11-4-2-3-9(7-11)16-14(19)17-10-5-6-12-13(8-10)22-15(20)18-12/h2-8H,1H3,(H,18,20)(H2,16,17,19). The maximum Gasteiger partial charge on any atom is 0.417 e. The maximum absolute atomic E-state index is 12.0. The highest BCUT2D eigenvalue weighted by molar-refractivity contribution is 6.00. The molecule has 0 saturated heterocycles. The van der Waals surface area contributed by atoms with Gasteiger partial charge in [-0.25, -0.2) is 9.59 Å². The van der Waals surface area contributed by atoms with E-state index in [9.17, 15) is 9.59 Å². The SMILES string of the molecule is COc1cccc(NC(=O)Nc2ccc3[nH]c(=O)oc3c2)c1. The summed E-state index contributed by atoms with van der Waals surface area (Å²) in [6.45, 7) is 0. The molecule has 3 N–H and O–H groups in total. The highest BCUT2D eigenvalue weighted by Gasteiger charge is 2.06. The van der Waals surface area contributed by atoms with Gasteiger partial charge in [0.05, 0.1) is 12.6 Å². The van der Waals surface area contributed by atoms with Gasteiger partial charge in [-0.1, -0.05) is 6.07 Å². The molecule has 0 saturated carbocycles. The van der Waals surface area contributed by atoms with Crippen LogP contribution in [0.25, 0.3) is 11.1 Å². The topological polar surface area (TPSA) is 96.4 Å². The molecule has 22 heavy (non-hydrogen) atoms. The Balaban J connectivity index is 1.73. The number of carbonyl (C=O) groups is 1. The molecule has 2 aromatic carbocycles. The van der Waals surface area contributed by atoms with Gasteiger partial charge in [-0.2, -0.15) is 0 Å². The zero-order valence-electron chi connectivity index (χ0n) is 11.7. The second-order valence-corrected chi connectivity index (χ2v) is 4.54. The summed E-state index contributed by atoms with van der Waals surface area (Å²) in [5, 5.41) is 5.35. The first kappa shape index (κ1) is 13.7. The summed E-state index contributed by atoms with van der Waals surface area (Å²) in [5.41, 5.74) is 2.06. The Morgan fingerprint density at radius 1 is 1.14 bits per heavy atom. The van der Waals surface area contributed by atoms with Gasteiger partial charge in [0.25, 0.3) is 0 Å². The average Bonchev–Trinajstić information content (AvgIpc) is 2.86. The number of rotatable bonds is 3. The lowest BCUT2D eigenvalue weighted by atomic mass is 10.3. The second-order valence-electron chi connectivity index (χ2n) is 4.54. The Morgan fingerprint density at radius 3 is 2.68 bits per heavy atom. The fourth-order valence-electron chi connectivity index (χ4n) is 2.02. The number of methoxy groups -OCH3 is 1. The van der Waals surface area contributed by atoms with Crippen LogP contribution in [-0.2, 0) is 0 Å². The van der Waals surface area contributed by atoms with Crippen molar-refractivity contribution in [2.45, 2.75) is 0 Å². The van der Waals surface area contributed by atoms with Crippen LogP contribution in [0.15, 0.2) is 51.7 Å². The van der Waals surface area contributed by atoms with Crippen molar-refractivity contribution in [2.24, 2.45) is 0 Å². The van der Waals surface area contributed by atoms with Crippen LogP contribution in [0, 0.1) is 0 Å². The van der Waals surface area contributed by atoms with Crippen LogP contribution >= 0.6 is 0 Å². The molecule has 0 aliphatic heterocycles. The van der Waals surface area contributed by atoms with E-state index < -0.39 is 11.8 Å². The molecule has 2 amide bonds. The van der Waals surface area contributed by atoms with Crippen LogP contribution < -0.4 is 21.1 Å². The molecule has 1 aromatic heterocycles. The van der Waals surface area contributed by atoms with Crippen molar-refractivity contribution in [3.05, 3.63) is 53.0 Å². The number of H-pyrrole nitrogens is 1. The predicted molar refractivity (Wildman–Crippen MR) is 82.5 cm³/mol. The van der Waals surface area contributed by atoms with Crippen LogP contribution in [0.1, 0.15) is 0 Å². The van der Waals surface area contributed by atoms with Crippen LogP contribution in [0.5, 0.6) is 5.75 Å². The minimum absolute atomic E-state index is 0.379. The number of aromatic nitrogens is 1. The van der Waals surface area contributed by atoms with E-state index in [1.54, 1.807) is 49.6 Å². The van der Waals surface area contributed by atoms with Crippen LogP contribution in [0.2, 0.25) is 0 Å². The molecule has 0 atom stereocenters. The Kier molecular flexibility index (Phi) is 3.53. The second kappa shape index (κ2) is 5.65. The Hall–Kier alpha value is -3.22. The molecule has 7 heteroatoms. The van der Waals surface area contributed by atoms with Gasteiger partial charge in [0, 0.05) is 23.5 Å². The molecule has 0 aliphatic rings. The summed E-state index contributed by atoms with van der Waals surface area (Å²) in [5.74, 6) is 0.112. The number of anilines is 2. The van der Waals surface area contributed by atoms with Gasteiger partial charge >= 0.3 is 11.8 Å². The molecule has 0 aliphatic carbocycles. The fraction of sp³-hybridized carbons (Fsp3) is 0.0667. The van der Waals surface area contributed by atoms with Gasteiger partial charge in [0.15, 0.2) is 5.58 Å². The number of urea groups is 1. The molecule has 0 radical (unpaired) electrons. The monoisotopic (exact) mass is 299 g/mol. The van der Waals surface area contributed by atoms with Crippen LogP contribution in [0.4, 0.5) is 16.2 Å². The number of amides is 2. The summed E-state index contributed by atoms with van der Waals surface area (Å²) in [7, 11) is 1.55. The average molecular weight is 299 g/mol.